The predicted octanol–water partition coefficient (Wildman–Crippen LogP) is 0.347. The number of rotatable bonds is 3. The molecule has 7 nitrogen and oxygen atoms in total. The highest BCUT2D eigenvalue weighted by atomic mass is 32.1. The van der Waals surface area contributed by atoms with Gasteiger partial charge in [0, 0.05) is 12.6 Å². The maximum atomic E-state index is 11.0. The van der Waals surface area contributed by atoms with Crippen molar-refractivity contribution in [2.45, 2.75) is 6.10 Å². The Morgan fingerprint density at radius 3 is 3.00 bits per heavy atom. The van der Waals surface area contributed by atoms with Crippen LogP contribution >= 0.6 is 11.3 Å². The number of anilines is 1. The van der Waals surface area contributed by atoms with Gasteiger partial charge in [0.15, 0.2) is 6.10 Å². The topological polar surface area (TPSA) is 98.7 Å². The lowest BCUT2D eigenvalue weighted by atomic mass is 10.2. The minimum absolute atomic E-state index is 0.0853. The summed E-state index contributed by atoms with van der Waals surface area (Å²) in [6, 6.07) is 3.13. The van der Waals surface area contributed by atoms with Crippen molar-refractivity contribution >= 4 is 27.2 Å². The average Bonchev–Trinajstić information content (AvgIpc) is 2.78. The van der Waals surface area contributed by atoms with Crippen molar-refractivity contribution < 1.29 is 14.5 Å². The first-order valence-electron chi connectivity index (χ1n) is 4.98. The zero-order valence-electron chi connectivity index (χ0n) is 8.87. The quantitative estimate of drug-likeness (QED) is 0.622. The molecule has 1 aliphatic heterocycles. The Balaban J connectivity index is 2.10. The number of morpholine rings is 1. The summed E-state index contributed by atoms with van der Waals surface area (Å²) in [5.74, 6) is -0.513. The number of amides is 1. The van der Waals surface area contributed by atoms with E-state index in [2.05, 4.69) is 0 Å². The second-order valence-electron chi connectivity index (χ2n) is 3.58. The van der Waals surface area contributed by atoms with Crippen molar-refractivity contribution in [3.05, 3.63) is 22.2 Å². The van der Waals surface area contributed by atoms with Crippen LogP contribution in [-0.2, 0) is 9.53 Å². The van der Waals surface area contributed by atoms with Gasteiger partial charge in [0.1, 0.15) is 0 Å². The van der Waals surface area contributed by atoms with E-state index in [9.17, 15) is 14.9 Å². The number of ether oxygens (including phenoxy) is 1. The number of carbonyl (C=O) groups is 1. The molecule has 0 aromatic carbocycles. The largest absolute Gasteiger partial charge is 0.367 e. The summed E-state index contributed by atoms with van der Waals surface area (Å²) in [5.41, 5.74) is 5.17. The molecule has 1 aliphatic rings. The van der Waals surface area contributed by atoms with Crippen molar-refractivity contribution in [2.75, 3.05) is 24.6 Å². The molecule has 2 heterocycles. The van der Waals surface area contributed by atoms with Gasteiger partial charge < -0.3 is 15.4 Å². The standard InChI is InChI=1S/C9H11N3O4S/c10-9(13)6-5-11(3-4-16-6)7-1-2-8(17-7)12(14)15/h1-2,6H,3-5H2,(H2,10,13). The van der Waals surface area contributed by atoms with Crippen LogP contribution in [0.2, 0.25) is 0 Å². The van der Waals surface area contributed by atoms with Crippen LogP contribution in [0.25, 0.3) is 0 Å². The summed E-state index contributed by atoms with van der Waals surface area (Å²) in [6.45, 7) is 1.33. The number of nitrogens with zero attached hydrogens (tertiary/aromatic N) is 2. The van der Waals surface area contributed by atoms with Crippen molar-refractivity contribution in [3.8, 4) is 0 Å². The molecule has 2 rings (SSSR count). The van der Waals surface area contributed by atoms with E-state index < -0.39 is 16.9 Å². The van der Waals surface area contributed by atoms with Crippen LogP contribution in [0.15, 0.2) is 12.1 Å². The molecule has 8 heteroatoms. The van der Waals surface area contributed by atoms with E-state index >= 15 is 0 Å². The molecule has 92 valence electrons. The van der Waals surface area contributed by atoms with Crippen LogP contribution in [0, 0.1) is 10.1 Å². The van der Waals surface area contributed by atoms with Gasteiger partial charge in [0.25, 0.3) is 0 Å². The Morgan fingerprint density at radius 1 is 1.65 bits per heavy atom. The molecule has 0 saturated carbocycles. The van der Waals surface area contributed by atoms with Gasteiger partial charge in [-0.2, -0.15) is 0 Å². The second kappa shape index (κ2) is 4.68. The molecule has 1 unspecified atom stereocenters. The van der Waals surface area contributed by atoms with Crippen LogP contribution in [0.3, 0.4) is 0 Å². The highest BCUT2D eigenvalue weighted by Gasteiger charge is 2.26. The molecule has 0 bridgehead atoms. The van der Waals surface area contributed by atoms with Crippen molar-refractivity contribution in [1.82, 2.24) is 0 Å². The first kappa shape index (κ1) is 11.8. The minimum atomic E-state index is -0.648. The molecule has 17 heavy (non-hydrogen) atoms. The maximum Gasteiger partial charge on any atom is 0.326 e. The van der Waals surface area contributed by atoms with E-state index in [-0.39, 0.29) is 5.00 Å². The summed E-state index contributed by atoms with van der Waals surface area (Å²) in [6.07, 6.45) is -0.648. The third-order valence-electron chi connectivity index (χ3n) is 2.45. The predicted molar refractivity (Wildman–Crippen MR) is 62.1 cm³/mol. The number of nitro groups is 1. The molecule has 2 N–H and O–H groups in total. The molecule has 1 aromatic heterocycles. The fraction of sp³-hybridized carbons (Fsp3) is 0.444. The van der Waals surface area contributed by atoms with E-state index in [1.807, 2.05) is 4.90 Å². The monoisotopic (exact) mass is 257 g/mol. The molecule has 0 radical (unpaired) electrons. The Morgan fingerprint density at radius 2 is 2.41 bits per heavy atom. The van der Waals surface area contributed by atoms with Gasteiger partial charge in [0.05, 0.1) is 23.1 Å². The summed E-state index contributed by atoms with van der Waals surface area (Å²) in [7, 11) is 0. The van der Waals surface area contributed by atoms with E-state index in [4.69, 9.17) is 10.5 Å². The SMILES string of the molecule is NC(=O)C1CN(c2ccc([N+](=O)[O-])s2)CCO1. The summed E-state index contributed by atoms with van der Waals surface area (Å²) < 4.78 is 5.20. The maximum absolute atomic E-state index is 11.0. The highest BCUT2D eigenvalue weighted by molar-refractivity contribution is 7.19. The Kier molecular flexibility index (Phi) is 3.25. The highest BCUT2D eigenvalue weighted by Crippen LogP contribution is 2.32. The second-order valence-corrected chi connectivity index (χ2v) is 4.62. The van der Waals surface area contributed by atoms with Crippen LogP contribution in [-0.4, -0.2) is 36.6 Å². The summed E-state index contributed by atoms with van der Waals surface area (Å²) in [4.78, 5) is 23.0. The molecule has 1 amide bonds. The normalized spacial score (nSPS) is 20.2. The van der Waals surface area contributed by atoms with E-state index in [1.165, 1.54) is 6.07 Å². The van der Waals surface area contributed by atoms with Crippen LogP contribution < -0.4 is 10.6 Å². The lowest BCUT2D eigenvalue weighted by Crippen LogP contribution is -2.48. The lowest BCUT2D eigenvalue weighted by Gasteiger charge is -2.31. The van der Waals surface area contributed by atoms with Gasteiger partial charge in [-0.1, -0.05) is 0 Å². The summed E-state index contributed by atoms with van der Waals surface area (Å²) in [5, 5.41) is 11.4. The molecule has 0 aliphatic carbocycles. The lowest BCUT2D eigenvalue weighted by molar-refractivity contribution is -0.380. The number of primary amides is 1. The average molecular weight is 257 g/mol. The molecule has 1 atom stereocenters. The number of thiophene rings is 1. The van der Waals surface area contributed by atoms with Crippen molar-refractivity contribution in [2.24, 2.45) is 5.73 Å². The Bertz CT molecular complexity index is 447. The fourth-order valence-corrected chi connectivity index (χ4v) is 2.46. The van der Waals surface area contributed by atoms with Crippen LogP contribution in [0.5, 0.6) is 0 Å². The first-order valence-corrected chi connectivity index (χ1v) is 5.79. The van der Waals surface area contributed by atoms with Gasteiger partial charge in [0.2, 0.25) is 5.91 Å². The zero-order chi connectivity index (χ0) is 12.4. The number of nitrogens with two attached hydrogens (primary N) is 1. The van der Waals surface area contributed by atoms with Crippen LogP contribution in [0.1, 0.15) is 0 Å². The fourth-order valence-electron chi connectivity index (χ4n) is 1.61. The third-order valence-corrected chi connectivity index (χ3v) is 3.55. The molecular weight excluding hydrogens is 246 g/mol. The van der Waals surface area contributed by atoms with Gasteiger partial charge in [-0.25, -0.2) is 0 Å². The van der Waals surface area contributed by atoms with Gasteiger partial charge >= 0.3 is 5.00 Å². The first-order chi connectivity index (χ1) is 8.08. The molecule has 0 spiro atoms. The molecule has 1 fully saturated rings. The number of hydrogen-bond donors (Lipinski definition) is 1. The molecule has 1 saturated heterocycles. The van der Waals surface area contributed by atoms with Gasteiger partial charge in [-0.3, -0.25) is 14.9 Å². The molecule has 1 aromatic rings. The van der Waals surface area contributed by atoms with Gasteiger partial charge in [-0.15, -0.1) is 0 Å². The Hall–Kier alpha value is -1.67. The smallest absolute Gasteiger partial charge is 0.326 e. The number of hydrogen-bond acceptors (Lipinski definition) is 6. The zero-order valence-corrected chi connectivity index (χ0v) is 9.68. The van der Waals surface area contributed by atoms with Crippen molar-refractivity contribution in [1.29, 1.82) is 0 Å². The van der Waals surface area contributed by atoms with Crippen molar-refractivity contribution in [3.63, 3.8) is 0 Å². The third kappa shape index (κ3) is 2.53. The number of carbonyl (C=O) groups excluding carboxylic acids is 1. The minimum Gasteiger partial charge on any atom is -0.367 e. The van der Waals surface area contributed by atoms with E-state index in [1.54, 1.807) is 6.07 Å². The van der Waals surface area contributed by atoms with E-state index in [0.717, 1.165) is 16.3 Å². The summed E-state index contributed by atoms with van der Waals surface area (Å²) >= 11 is 1.08. The van der Waals surface area contributed by atoms with Gasteiger partial charge in [-0.05, 0) is 17.4 Å². The Labute approximate surface area is 101 Å². The molecular formula is C9H11N3O4S. The van der Waals surface area contributed by atoms with Crippen LogP contribution in [0.4, 0.5) is 10.0 Å². The van der Waals surface area contributed by atoms with E-state index in [0.29, 0.717) is 19.7 Å².